The minimum atomic E-state index is 0.572. The van der Waals surface area contributed by atoms with Crippen LogP contribution in [-0.2, 0) is 0 Å². The van der Waals surface area contributed by atoms with Crippen LogP contribution in [0.25, 0.3) is 0 Å². The van der Waals surface area contributed by atoms with Crippen molar-refractivity contribution in [1.82, 2.24) is 9.97 Å². The molecule has 2 rings (SSSR count). The van der Waals surface area contributed by atoms with Crippen molar-refractivity contribution >= 4 is 23.0 Å². The van der Waals surface area contributed by atoms with Gasteiger partial charge in [-0.05, 0) is 31.9 Å². The second-order valence-electron chi connectivity index (χ2n) is 9.45. The number of aromatic nitrogens is 2. The first-order valence-electron chi connectivity index (χ1n) is 13.3. The van der Waals surface area contributed by atoms with Crippen LogP contribution in [0.3, 0.4) is 0 Å². The zero-order valence-corrected chi connectivity index (χ0v) is 21.4. The van der Waals surface area contributed by atoms with Gasteiger partial charge in [0, 0.05) is 12.2 Å². The molecule has 0 unspecified atom stereocenters. The van der Waals surface area contributed by atoms with Crippen molar-refractivity contribution in [3.8, 4) is 0 Å². The largest absolute Gasteiger partial charge is 0.393 e. The molecular formula is C28H47N5. The minimum Gasteiger partial charge on any atom is -0.393 e. The molecule has 0 atom stereocenters. The van der Waals surface area contributed by atoms with Crippen LogP contribution in [0.5, 0.6) is 0 Å². The van der Waals surface area contributed by atoms with E-state index in [1.54, 1.807) is 6.33 Å². The summed E-state index contributed by atoms with van der Waals surface area (Å²) in [6.07, 6.45) is 20.8. The molecule has 0 aliphatic carbocycles. The van der Waals surface area contributed by atoms with Gasteiger partial charge in [-0.1, -0.05) is 108 Å². The van der Waals surface area contributed by atoms with Crippen LogP contribution in [0.1, 0.15) is 108 Å². The number of hydrogen-bond donors (Lipinski definition) is 3. The van der Waals surface area contributed by atoms with Crippen LogP contribution in [0.2, 0.25) is 0 Å². The van der Waals surface area contributed by atoms with E-state index in [1.807, 2.05) is 0 Å². The number of nitrogens with zero attached hydrogens (tertiary/aromatic N) is 2. The zero-order valence-electron chi connectivity index (χ0n) is 21.4. The van der Waals surface area contributed by atoms with Crippen molar-refractivity contribution in [2.24, 2.45) is 0 Å². The lowest BCUT2D eigenvalue weighted by atomic mass is 10.0. The molecule has 5 heteroatoms. The SMILES string of the molecule is CCCCCCCCCCCCCCCCNc1ncnc(Nc2ccc(C)cc2C)c1N. The Morgan fingerprint density at radius 3 is 1.85 bits per heavy atom. The highest BCUT2D eigenvalue weighted by Gasteiger charge is 2.09. The Balaban J connectivity index is 1.54. The Bertz CT molecular complexity index is 790. The Morgan fingerprint density at radius 1 is 0.727 bits per heavy atom. The molecule has 1 aromatic heterocycles. The van der Waals surface area contributed by atoms with Gasteiger partial charge in [-0.3, -0.25) is 0 Å². The van der Waals surface area contributed by atoms with E-state index in [9.17, 15) is 0 Å². The molecule has 0 fully saturated rings. The number of rotatable bonds is 18. The van der Waals surface area contributed by atoms with Crippen molar-refractivity contribution in [1.29, 1.82) is 0 Å². The molecule has 0 aliphatic heterocycles. The molecule has 0 spiro atoms. The summed E-state index contributed by atoms with van der Waals surface area (Å²) in [6.45, 7) is 7.35. The monoisotopic (exact) mass is 453 g/mol. The van der Waals surface area contributed by atoms with E-state index in [1.165, 1.54) is 94.6 Å². The van der Waals surface area contributed by atoms with Crippen LogP contribution in [0.15, 0.2) is 24.5 Å². The van der Waals surface area contributed by atoms with Crippen LogP contribution >= 0.6 is 0 Å². The third-order valence-electron chi connectivity index (χ3n) is 6.34. The molecule has 4 N–H and O–H groups in total. The van der Waals surface area contributed by atoms with E-state index in [-0.39, 0.29) is 0 Å². The van der Waals surface area contributed by atoms with Gasteiger partial charge in [-0.15, -0.1) is 0 Å². The van der Waals surface area contributed by atoms with E-state index < -0.39 is 0 Å². The first kappa shape index (κ1) is 26.9. The Labute approximate surface area is 202 Å². The fraction of sp³-hybridized carbons (Fsp3) is 0.643. The van der Waals surface area contributed by atoms with Crippen LogP contribution in [0, 0.1) is 13.8 Å². The van der Waals surface area contributed by atoms with Crippen LogP contribution in [0.4, 0.5) is 23.0 Å². The number of nitrogen functional groups attached to an aromatic ring is 1. The molecular weight excluding hydrogens is 406 g/mol. The lowest BCUT2D eigenvalue weighted by Gasteiger charge is -2.14. The molecule has 0 radical (unpaired) electrons. The second-order valence-corrected chi connectivity index (χ2v) is 9.45. The number of unbranched alkanes of at least 4 members (excludes halogenated alkanes) is 13. The third kappa shape index (κ3) is 10.9. The van der Waals surface area contributed by atoms with Gasteiger partial charge in [0.15, 0.2) is 11.6 Å². The molecule has 33 heavy (non-hydrogen) atoms. The number of aryl methyl sites for hydroxylation is 2. The lowest BCUT2D eigenvalue weighted by Crippen LogP contribution is -2.09. The first-order valence-corrected chi connectivity index (χ1v) is 13.3. The Hall–Kier alpha value is -2.30. The fourth-order valence-electron chi connectivity index (χ4n) is 4.24. The van der Waals surface area contributed by atoms with Gasteiger partial charge >= 0.3 is 0 Å². The van der Waals surface area contributed by atoms with E-state index in [4.69, 9.17) is 5.73 Å². The molecule has 0 amide bonds. The highest BCUT2D eigenvalue weighted by Crippen LogP contribution is 2.27. The average molecular weight is 454 g/mol. The normalized spacial score (nSPS) is 11.0. The average Bonchev–Trinajstić information content (AvgIpc) is 2.80. The highest BCUT2D eigenvalue weighted by atomic mass is 15.1. The van der Waals surface area contributed by atoms with Crippen molar-refractivity contribution in [2.75, 3.05) is 22.9 Å². The van der Waals surface area contributed by atoms with Gasteiger partial charge in [0.25, 0.3) is 0 Å². The first-order chi connectivity index (χ1) is 16.1. The van der Waals surface area contributed by atoms with Crippen molar-refractivity contribution in [2.45, 2.75) is 111 Å². The van der Waals surface area contributed by atoms with Gasteiger partial charge in [0.05, 0.1) is 0 Å². The summed E-state index contributed by atoms with van der Waals surface area (Å²) >= 11 is 0. The van der Waals surface area contributed by atoms with Crippen molar-refractivity contribution in [3.05, 3.63) is 35.7 Å². The van der Waals surface area contributed by atoms with Crippen molar-refractivity contribution in [3.63, 3.8) is 0 Å². The molecule has 0 saturated heterocycles. The predicted molar refractivity (Wildman–Crippen MR) is 144 cm³/mol. The zero-order chi connectivity index (χ0) is 23.7. The number of nitrogens with one attached hydrogen (secondary N) is 2. The molecule has 0 saturated carbocycles. The second kappa shape index (κ2) is 16.3. The summed E-state index contributed by atoms with van der Waals surface area (Å²) in [6, 6.07) is 6.30. The third-order valence-corrected chi connectivity index (χ3v) is 6.34. The molecule has 1 heterocycles. The van der Waals surface area contributed by atoms with E-state index >= 15 is 0 Å². The van der Waals surface area contributed by atoms with Gasteiger partial charge in [0.1, 0.15) is 12.0 Å². The van der Waals surface area contributed by atoms with Gasteiger partial charge < -0.3 is 16.4 Å². The summed E-state index contributed by atoms with van der Waals surface area (Å²) in [4.78, 5) is 8.67. The maximum atomic E-state index is 6.32. The number of nitrogens with two attached hydrogens (primary N) is 1. The smallest absolute Gasteiger partial charge is 0.159 e. The fourth-order valence-corrected chi connectivity index (χ4v) is 4.24. The predicted octanol–water partition coefficient (Wildman–Crippen LogP) is 8.31. The summed E-state index contributed by atoms with van der Waals surface area (Å²) in [5.74, 6) is 1.37. The molecule has 1 aromatic carbocycles. The molecule has 0 bridgehead atoms. The summed E-state index contributed by atoms with van der Waals surface area (Å²) in [7, 11) is 0. The number of benzene rings is 1. The van der Waals surface area contributed by atoms with E-state index in [0.717, 1.165) is 18.7 Å². The summed E-state index contributed by atoms with van der Waals surface area (Å²) in [5.41, 5.74) is 10.3. The molecule has 5 nitrogen and oxygen atoms in total. The van der Waals surface area contributed by atoms with E-state index in [2.05, 4.69) is 59.6 Å². The van der Waals surface area contributed by atoms with Crippen LogP contribution < -0.4 is 16.4 Å². The van der Waals surface area contributed by atoms with Gasteiger partial charge in [-0.25, -0.2) is 9.97 Å². The number of hydrogen-bond acceptors (Lipinski definition) is 5. The minimum absolute atomic E-state index is 0.572. The maximum absolute atomic E-state index is 6.32. The van der Waals surface area contributed by atoms with Gasteiger partial charge in [-0.2, -0.15) is 0 Å². The van der Waals surface area contributed by atoms with Crippen LogP contribution in [-0.4, -0.2) is 16.5 Å². The Kier molecular flexibility index (Phi) is 13.3. The lowest BCUT2D eigenvalue weighted by molar-refractivity contribution is 0.537. The van der Waals surface area contributed by atoms with E-state index in [0.29, 0.717) is 17.3 Å². The summed E-state index contributed by atoms with van der Waals surface area (Å²) < 4.78 is 0. The maximum Gasteiger partial charge on any atom is 0.159 e. The molecule has 0 aliphatic rings. The molecule has 184 valence electrons. The topological polar surface area (TPSA) is 75.9 Å². The highest BCUT2D eigenvalue weighted by molar-refractivity contribution is 5.78. The quantitative estimate of drug-likeness (QED) is 0.198. The summed E-state index contributed by atoms with van der Waals surface area (Å²) in [5, 5.41) is 6.74. The molecule has 2 aromatic rings. The van der Waals surface area contributed by atoms with Gasteiger partial charge in [0.2, 0.25) is 0 Å². The van der Waals surface area contributed by atoms with Crippen molar-refractivity contribution < 1.29 is 0 Å². The standard InChI is InChI=1S/C28H47N5/c1-4-5-6-7-8-9-10-11-12-13-14-15-16-17-20-30-27-26(29)28(32-22-31-27)33-25-19-18-23(2)21-24(25)3/h18-19,21-22H,4-17,20,29H2,1-3H3,(H2,30,31,32,33). The Morgan fingerprint density at radius 2 is 1.27 bits per heavy atom. The number of anilines is 4.